The average molecular weight is 409 g/mol. The second-order valence-corrected chi connectivity index (χ2v) is 7.17. The third kappa shape index (κ3) is 2.79. The van der Waals surface area contributed by atoms with E-state index in [-0.39, 0.29) is 31.2 Å². The Bertz CT molecular complexity index is 1010. The number of methoxy groups -OCH3 is 2. The van der Waals surface area contributed by atoms with Crippen molar-refractivity contribution in [3.63, 3.8) is 0 Å². The number of benzene rings is 2. The summed E-state index contributed by atoms with van der Waals surface area (Å²) in [7, 11) is 3.04. The normalized spacial score (nSPS) is 20.0. The van der Waals surface area contributed by atoms with Gasteiger partial charge >= 0.3 is 0 Å². The Morgan fingerprint density at radius 1 is 1.10 bits per heavy atom. The smallest absolute Gasteiger partial charge is 0.271 e. The van der Waals surface area contributed by atoms with Gasteiger partial charge in [0.15, 0.2) is 0 Å². The summed E-state index contributed by atoms with van der Waals surface area (Å²) in [6.45, 7) is 2.09. The van der Waals surface area contributed by atoms with Gasteiger partial charge in [0.2, 0.25) is 11.6 Å². The minimum Gasteiger partial charge on any atom is -0.497 e. The first-order valence-corrected chi connectivity index (χ1v) is 9.74. The maximum Gasteiger partial charge on any atom is 0.271 e. The first kappa shape index (κ1) is 19.8. The van der Waals surface area contributed by atoms with Gasteiger partial charge in [-0.05, 0) is 19.1 Å². The number of likely N-dealkylation sites (N-methyl/N-ethyl adjacent to an activating group) is 1. The maximum atomic E-state index is 13.7. The van der Waals surface area contributed by atoms with Crippen LogP contribution in [0.3, 0.4) is 0 Å². The number of para-hydroxylation sites is 1. The molecular formula is C22H23N3O5. The van der Waals surface area contributed by atoms with Crippen molar-refractivity contribution in [2.24, 2.45) is 0 Å². The van der Waals surface area contributed by atoms with Crippen molar-refractivity contribution >= 4 is 29.1 Å². The van der Waals surface area contributed by atoms with Crippen LogP contribution < -0.4 is 19.7 Å². The second kappa shape index (κ2) is 7.37. The fraction of sp³-hybridized carbons (Fsp3) is 0.318. The van der Waals surface area contributed by atoms with E-state index >= 15 is 0 Å². The molecule has 8 nitrogen and oxygen atoms in total. The molecule has 2 aliphatic rings. The lowest BCUT2D eigenvalue weighted by Crippen LogP contribution is -2.69. The zero-order chi connectivity index (χ0) is 21.5. The molecule has 1 unspecified atom stereocenters. The van der Waals surface area contributed by atoms with Crippen LogP contribution in [-0.2, 0) is 9.59 Å². The van der Waals surface area contributed by atoms with Crippen LogP contribution >= 0.6 is 0 Å². The van der Waals surface area contributed by atoms with Crippen molar-refractivity contribution < 1.29 is 23.9 Å². The first-order chi connectivity index (χ1) is 14.5. The molecule has 1 fully saturated rings. The van der Waals surface area contributed by atoms with Crippen molar-refractivity contribution in [1.29, 1.82) is 0 Å². The topological polar surface area (TPSA) is 88.2 Å². The molecular weight excluding hydrogens is 386 g/mol. The molecule has 0 aromatic heterocycles. The highest BCUT2D eigenvalue weighted by atomic mass is 16.5. The molecule has 2 aliphatic heterocycles. The zero-order valence-corrected chi connectivity index (χ0v) is 17.1. The van der Waals surface area contributed by atoms with Gasteiger partial charge in [0.1, 0.15) is 11.5 Å². The molecule has 156 valence electrons. The van der Waals surface area contributed by atoms with E-state index in [2.05, 4.69) is 5.32 Å². The maximum absolute atomic E-state index is 13.7. The predicted octanol–water partition coefficient (Wildman–Crippen LogP) is 2.64. The van der Waals surface area contributed by atoms with Crippen LogP contribution in [0.2, 0.25) is 0 Å². The molecule has 1 N–H and O–H groups in total. The number of anilines is 2. The van der Waals surface area contributed by atoms with Gasteiger partial charge in [0.05, 0.1) is 25.5 Å². The molecule has 0 bridgehead atoms. The fourth-order valence-corrected chi connectivity index (χ4v) is 4.32. The summed E-state index contributed by atoms with van der Waals surface area (Å²) in [5.41, 5.74) is -0.0884. The Morgan fingerprint density at radius 2 is 1.77 bits per heavy atom. The van der Waals surface area contributed by atoms with Crippen LogP contribution in [0.4, 0.5) is 11.4 Å². The van der Waals surface area contributed by atoms with Crippen LogP contribution in [-0.4, -0.2) is 49.0 Å². The lowest BCUT2D eigenvalue weighted by molar-refractivity contribution is -0.128. The second-order valence-electron chi connectivity index (χ2n) is 7.17. The van der Waals surface area contributed by atoms with E-state index < -0.39 is 11.6 Å². The summed E-state index contributed by atoms with van der Waals surface area (Å²) in [5.74, 6) is 0.121. The number of nitrogens with one attached hydrogen (secondary N) is 1. The fourth-order valence-electron chi connectivity index (χ4n) is 4.32. The molecule has 0 radical (unpaired) electrons. The number of hydrogen-bond donors (Lipinski definition) is 1. The van der Waals surface area contributed by atoms with Gasteiger partial charge in [0.25, 0.3) is 11.8 Å². The minimum absolute atomic E-state index is 0.174. The highest BCUT2D eigenvalue weighted by molar-refractivity contribution is 6.18. The van der Waals surface area contributed by atoms with E-state index in [0.29, 0.717) is 28.4 Å². The lowest BCUT2D eigenvalue weighted by atomic mass is 9.95. The lowest BCUT2D eigenvalue weighted by Gasteiger charge is -2.48. The van der Waals surface area contributed by atoms with Crippen molar-refractivity contribution in [3.8, 4) is 11.5 Å². The molecule has 2 aromatic rings. The van der Waals surface area contributed by atoms with E-state index in [4.69, 9.17) is 9.47 Å². The number of amides is 3. The number of hydrogen-bond acceptors (Lipinski definition) is 5. The number of carbonyl (C=O) groups is 3. The third-order valence-corrected chi connectivity index (χ3v) is 5.66. The number of nitrogens with zero attached hydrogens (tertiary/aromatic N) is 2. The molecule has 2 heterocycles. The van der Waals surface area contributed by atoms with E-state index in [9.17, 15) is 14.4 Å². The van der Waals surface area contributed by atoms with Crippen LogP contribution in [0.15, 0.2) is 42.5 Å². The summed E-state index contributed by atoms with van der Waals surface area (Å²) < 4.78 is 10.5. The summed E-state index contributed by atoms with van der Waals surface area (Å²) in [6.07, 6.45) is 0.389. The quantitative estimate of drug-likeness (QED) is 0.820. The highest BCUT2D eigenvalue weighted by Crippen LogP contribution is 2.45. The molecule has 0 aliphatic carbocycles. The zero-order valence-electron chi connectivity index (χ0n) is 17.1. The van der Waals surface area contributed by atoms with E-state index in [0.717, 1.165) is 0 Å². The first-order valence-electron chi connectivity index (χ1n) is 9.74. The SMILES string of the molecule is CCN1C(=O)c2ccccc2N2C(=O)CCC12C(=O)Nc1cc(OC)cc(OC)c1. The number of rotatable bonds is 5. The number of ether oxygens (including phenoxy) is 2. The molecule has 4 rings (SSSR count). The Labute approximate surface area is 174 Å². The Morgan fingerprint density at radius 3 is 2.40 bits per heavy atom. The average Bonchev–Trinajstić information content (AvgIpc) is 3.12. The molecule has 0 spiro atoms. The van der Waals surface area contributed by atoms with Crippen LogP contribution in [0.1, 0.15) is 30.1 Å². The largest absolute Gasteiger partial charge is 0.497 e. The predicted molar refractivity (Wildman–Crippen MR) is 111 cm³/mol. The van der Waals surface area contributed by atoms with Gasteiger partial charge in [-0.15, -0.1) is 0 Å². The minimum atomic E-state index is -1.42. The van der Waals surface area contributed by atoms with Gasteiger partial charge in [-0.3, -0.25) is 19.3 Å². The molecule has 2 aromatic carbocycles. The standard InChI is InChI=1S/C22H23N3O5/c1-4-24-20(27)17-7-5-6-8-18(17)25-19(26)9-10-22(24,25)21(28)23-14-11-15(29-2)13-16(12-14)30-3/h5-8,11-13H,4,9-10H2,1-3H3,(H,23,28). The van der Waals surface area contributed by atoms with E-state index in [1.165, 1.54) is 24.0 Å². The summed E-state index contributed by atoms with van der Waals surface area (Å²) in [4.78, 5) is 42.7. The van der Waals surface area contributed by atoms with Gasteiger partial charge in [-0.2, -0.15) is 0 Å². The number of carbonyl (C=O) groups excluding carboxylic acids is 3. The molecule has 1 atom stereocenters. The van der Waals surface area contributed by atoms with Gasteiger partial charge in [-0.25, -0.2) is 0 Å². The van der Waals surface area contributed by atoms with Crippen molar-refractivity contribution in [3.05, 3.63) is 48.0 Å². The van der Waals surface area contributed by atoms with Crippen LogP contribution in [0, 0.1) is 0 Å². The molecule has 1 saturated heterocycles. The molecule has 3 amide bonds. The van der Waals surface area contributed by atoms with Crippen molar-refractivity contribution in [2.45, 2.75) is 25.4 Å². The van der Waals surface area contributed by atoms with Gasteiger partial charge in [0, 0.05) is 43.3 Å². The van der Waals surface area contributed by atoms with Gasteiger partial charge in [-0.1, -0.05) is 12.1 Å². The van der Waals surface area contributed by atoms with Crippen LogP contribution in [0.5, 0.6) is 11.5 Å². The van der Waals surface area contributed by atoms with Crippen molar-refractivity contribution in [1.82, 2.24) is 4.90 Å². The van der Waals surface area contributed by atoms with E-state index in [1.807, 2.05) is 0 Å². The van der Waals surface area contributed by atoms with E-state index in [1.54, 1.807) is 49.4 Å². The highest BCUT2D eigenvalue weighted by Gasteiger charge is 2.60. The summed E-state index contributed by atoms with van der Waals surface area (Å²) in [6, 6.07) is 11.9. The van der Waals surface area contributed by atoms with Gasteiger partial charge < -0.3 is 19.7 Å². The van der Waals surface area contributed by atoms with Crippen LogP contribution in [0.25, 0.3) is 0 Å². The summed E-state index contributed by atoms with van der Waals surface area (Å²) in [5, 5.41) is 2.87. The molecule has 30 heavy (non-hydrogen) atoms. The Hall–Kier alpha value is -3.55. The molecule has 0 saturated carbocycles. The number of fused-ring (bicyclic) bond motifs is 3. The Balaban J connectivity index is 1.80. The molecule has 8 heteroatoms. The van der Waals surface area contributed by atoms with Crippen molar-refractivity contribution in [2.75, 3.05) is 31.0 Å². The third-order valence-electron chi connectivity index (χ3n) is 5.66. The summed E-state index contributed by atoms with van der Waals surface area (Å²) >= 11 is 0. The monoisotopic (exact) mass is 409 g/mol. The Kier molecular flexibility index (Phi) is 4.85.